The Balaban J connectivity index is 0.00000135. The van der Waals surface area contributed by atoms with E-state index in [1.54, 1.807) is 12.4 Å². The minimum Gasteiger partial charge on any atom is -0.255 e. The van der Waals surface area contributed by atoms with E-state index in [9.17, 15) is 0 Å². The van der Waals surface area contributed by atoms with Crippen LogP contribution in [0.15, 0.2) is 60.9 Å². The van der Waals surface area contributed by atoms with Crippen molar-refractivity contribution < 1.29 is 19.5 Å². The molecule has 0 atom stereocenters. The Labute approximate surface area is 144 Å². The summed E-state index contributed by atoms with van der Waals surface area (Å²) in [5, 5.41) is 2.02. The number of nitrogens with zero attached hydrogens (tertiary/aromatic N) is 4. The minimum atomic E-state index is 0. The molecule has 0 fully saturated rings. The van der Waals surface area contributed by atoms with Gasteiger partial charge in [0.15, 0.2) is 0 Å². The normalized spacial score (nSPS) is 11.1. The van der Waals surface area contributed by atoms with Gasteiger partial charge in [0.25, 0.3) is 0 Å². The van der Waals surface area contributed by atoms with E-state index < -0.39 is 0 Å². The van der Waals surface area contributed by atoms with Crippen molar-refractivity contribution in [1.82, 2.24) is 19.9 Å². The summed E-state index contributed by atoms with van der Waals surface area (Å²) >= 11 is 0. The molecule has 0 aliphatic rings. The molecule has 0 amide bonds. The summed E-state index contributed by atoms with van der Waals surface area (Å²) in [7, 11) is 0. The number of fused-ring (bicyclic) bond motifs is 7. The maximum atomic E-state index is 4.81. The Morgan fingerprint density at radius 2 is 1.09 bits per heavy atom. The molecule has 0 N–H and O–H groups in total. The van der Waals surface area contributed by atoms with Gasteiger partial charge >= 0.3 is 0 Å². The van der Waals surface area contributed by atoms with Crippen LogP contribution < -0.4 is 0 Å². The first-order valence-corrected chi connectivity index (χ1v) is 7.10. The van der Waals surface area contributed by atoms with E-state index in [2.05, 4.69) is 9.97 Å². The van der Waals surface area contributed by atoms with Crippen LogP contribution >= 0.6 is 0 Å². The van der Waals surface area contributed by atoms with E-state index in [1.165, 1.54) is 0 Å². The van der Waals surface area contributed by atoms with Crippen molar-refractivity contribution in [2.45, 2.75) is 0 Å². The molecule has 0 saturated carbocycles. The molecular weight excluding hydrogens is 373 g/mol. The van der Waals surface area contributed by atoms with Crippen LogP contribution in [0.2, 0.25) is 0 Å². The SMILES string of the molecule is [Ru].c1ccc2nc3c4ncccc4c4ncccc4c3nc2c1. The fourth-order valence-corrected chi connectivity index (χ4v) is 2.95. The monoisotopic (exact) mass is 384 g/mol. The fraction of sp³-hybridized carbons (Fsp3) is 0. The molecule has 0 bridgehead atoms. The van der Waals surface area contributed by atoms with Crippen LogP contribution in [0.4, 0.5) is 0 Å². The Kier molecular flexibility index (Phi) is 3.24. The van der Waals surface area contributed by atoms with Gasteiger partial charge in [0.05, 0.1) is 16.6 Å². The van der Waals surface area contributed by atoms with Gasteiger partial charge in [-0.05, 0) is 36.4 Å². The average Bonchev–Trinajstić information content (AvgIpc) is 2.61. The molecule has 3 aromatic heterocycles. The van der Waals surface area contributed by atoms with Crippen molar-refractivity contribution in [3.8, 4) is 0 Å². The van der Waals surface area contributed by atoms with Crippen molar-refractivity contribution in [2.24, 2.45) is 0 Å². The van der Waals surface area contributed by atoms with Gasteiger partial charge < -0.3 is 0 Å². The van der Waals surface area contributed by atoms with E-state index in [4.69, 9.17) is 9.97 Å². The zero-order valence-electron chi connectivity index (χ0n) is 11.9. The molecule has 4 nitrogen and oxygen atoms in total. The van der Waals surface area contributed by atoms with E-state index >= 15 is 0 Å². The van der Waals surface area contributed by atoms with Crippen molar-refractivity contribution >= 4 is 43.9 Å². The molecule has 3 heterocycles. The Morgan fingerprint density at radius 3 is 1.78 bits per heavy atom. The summed E-state index contributed by atoms with van der Waals surface area (Å²) in [6.07, 6.45) is 3.59. The van der Waals surface area contributed by atoms with Gasteiger partial charge in [-0.15, -0.1) is 0 Å². The van der Waals surface area contributed by atoms with Crippen LogP contribution in [-0.4, -0.2) is 19.9 Å². The number of hydrogen-bond donors (Lipinski definition) is 0. The molecule has 110 valence electrons. The molecule has 0 aliphatic carbocycles. The first-order valence-electron chi connectivity index (χ1n) is 7.10. The quantitative estimate of drug-likeness (QED) is 0.231. The Morgan fingerprint density at radius 1 is 0.522 bits per heavy atom. The fourth-order valence-electron chi connectivity index (χ4n) is 2.95. The van der Waals surface area contributed by atoms with Crippen molar-refractivity contribution in [3.63, 3.8) is 0 Å². The summed E-state index contributed by atoms with van der Waals surface area (Å²) in [5.41, 5.74) is 5.22. The number of para-hydroxylation sites is 2. The second-order valence-corrected chi connectivity index (χ2v) is 5.21. The van der Waals surface area contributed by atoms with Gasteiger partial charge in [-0.2, -0.15) is 0 Å². The molecule has 5 rings (SSSR count). The van der Waals surface area contributed by atoms with Crippen LogP contribution in [0, 0.1) is 0 Å². The summed E-state index contributed by atoms with van der Waals surface area (Å²) in [6, 6.07) is 15.8. The second-order valence-electron chi connectivity index (χ2n) is 5.21. The maximum Gasteiger partial charge on any atom is 0.116 e. The third-order valence-electron chi connectivity index (χ3n) is 3.92. The van der Waals surface area contributed by atoms with Gasteiger partial charge in [-0.1, -0.05) is 12.1 Å². The van der Waals surface area contributed by atoms with Crippen LogP contribution in [0.1, 0.15) is 0 Å². The van der Waals surface area contributed by atoms with Crippen LogP contribution in [0.5, 0.6) is 0 Å². The first-order chi connectivity index (χ1) is 10.9. The topological polar surface area (TPSA) is 51.6 Å². The van der Waals surface area contributed by atoms with Gasteiger partial charge in [-0.25, -0.2) is 9.97 Å². The predicted octanol–water partition coefficient (Wildman–Crippen LogP) is 3.88. The number of aromatic nitrogens is 4. The number of benzene rings is 2. The molecule has 2 aromatic carbocycles. The van der Waals surface area contributed by atoms with Crippen molar-refractivity contribution in [2.75, 3.05) is 0 Å². The molecule has 0 unspecified atom stereocenters. The summed E-state index contributed by atoms with van der Waals surface area (Å²) in [5.74, 6) is 0. The summed E-state index contributed by atoms with van der Waals surface area (Å²) in [6.45, 7) is 0. The molecule has 5 heteroatoms. The zero-order valence-corrected chi connectivity index (χ0v) is 13.7. The third-order valence-corrected chi connectivity index (χ3v) is 3.92. The van der Waals surface area contributed by atoms with E-state index in [0.29, 0.717) is 0 Å². The summed E-state index contributed by atoms with van der Waals surface area (Å²) < 4.78 is 0. The Hall–Kier alpha value is -2.52. The molecule has 0 spiro atoms. The largest absolute Gasteiger partial charge is 0.255 e. The number of hydrogen-bond acceptors (Lipinski definition) is 4. The van der Waals surface area contributed by atoms with Crippen molar-refractivity contribution in [1.29, 1.82) is 0 Å². The zero-order chi connectivity index (χ0) is 14.5. The predicted molar refractivity (Wildman–Crippen MR) is 87.6 cm³/mol. The molecule has 0 radical (unpaired) electrons. The summed E-state index contributed by atoms with van der Waals surface area (Å²) in [4.78, 5) is 18.7. The maximum absolute atomic E-state index is 4.81. The third kappa shape index (κ3) is 2.01. The van der Waals surface area contributed by atoms with Crippen LogP contribution in [-0.2, 0) is 19.5 Å². The minimum absolute atomic E-state index is 0. The van der Waals surface area contributed by atoms with Gasteiger partial charge in [0, 0.05) is 42.6 Å². The first kappa shape index (κ1) is 14.1. The average molecular weight is 383 g/mol. The van der Waals surface area contributed by atoms with E-state index in [0.717, 1.165) is 43.9 Å². The molecule has 0 saturated heterocycles. The van der Waals surface area contributed by atoms with Crippen LogP contribution in [0.25, 0.3) is 43.9 Å². The standard InChI is InChI=1S/C18H10N4.Ru/c1-2-8-14-13(7-1)21-17-12-6-4-9-19-15(12)11-5-3-10-20-16(11)18(17)22-14;/h1-10H;. The van der Waals surface area contributed by atoms with Crippen molar-refractivity contribution in [3.05, 3.63) is 60.9 Å². The smallest absolute Gasteiger partial charge is 0.116 e. The Bertz CT molecular complexity index is 1090. The molecule has 23 heavy (non-hydrogen) atoms. The van der Waals surface area contributed by atoms with E-state index in [-0.39, 0.29) is 19.5 Å². The molecule has 5 aromatic rings. The number of rotatable bonds is 0. The number of pyridine rings is 2. The van der Waals surface area contributed by atoms with Gasteiger partial charge in [0.1, 0.15) is 16.6 Å². The molecular formula is C18H10N4Ru. The van der Waals surface area contributed by atoms with E-state index in [1.807, 2.05) is 48.5 Å². The van der Waals surface area contributed by atoms with Crippen LogP contribution in [0.3, 0.4) is 0 Å². The second kappa shape index (κ2) is 5.29. The van der Waals surface area contributed by atoms with Gasteiger partial charge in [-0.3, -0.25) is 9.97 Å². The molecule has 0 aliphatic heterocycles. The van der Waals surface area contributed by atoms with Gasteiger partial charge in [0.2, 0.25) is 0 Å².